The van der Waals surface area contributed by atoms with E-state index in [-0.39, 0.29) is 18.5 Å². The molecule has 0 unspecified atom stereocenters. The molecule has 0 spiro atoms. The summed E-state index contributed by atoms with van der Waals surface area (Å²) in [5.74, 6) is -2.90. The highest BCUT2D eigenvalue weighted by Crippen LogP contribution is 2.27. The van der Waals surface area contributed by atoms with Crippen molar-refractivity contribution < 1.29 is 13.6 Å². The Kier molecular flexibility index (Phi) is 2.49. The van der Waals surface area contributed by atoms with E-state index in [1.165, 1.54) is 18.3 Å². The number of aromatic nitrogens is 1. The molecule has 2 N–H and O–H groups in total. The van der Waals surface area contributed by atoms with E-state index >= 15 is 0 Å². The van der Waals surface area contributed by atoms with Crippen LogP contribution in [-0.4, -0.2) is 34.8 Å². The fourth-order valence-corrected chi connectivity index (χ4v) is 1.62. The van der Waals surface area contributed by atoms with Crippen LogP contribution in [0, 0.1) is 0 Å². The SMILES string of the molecule is Nc1ccc(C(=O)N2CCC(F)(F)C2)cn1. The Labute approximate surface area is 91.1 Å². The zero-order chi connectivity index (χ0) is 11.8. The molecule has 1 aliphatic rings. The molecule has 16 heavy (non-hydrogen) atoms. The number of nitrogens with two attached hydrogens (primary N) is 1. The molecule has 86 valence electrons. The molecule has 1 aliphatic heterocycles. The smallest absolute Gasteiger partial charge is 0.267 e. The highest BCUT2D eigenvalue weighted by molar-refractivity contribution is 5.94. The van der Waals surface area contributed by atoms with Gasteiger partial charge >= 0.3 is 0 Å². The molecule has 0 atom stereocenters. The van der Waals surface area contributed by atoms with Crippen LogP contribution in [0.3, 0.4) is 0 Å². The zero-order valence-electron chi connectivity index (χ0n) is 8.49. The van der Waals surface area contributed by atoms with Gasteiger partial charge < -0.3 is 10.6 Å². The Balaban J connectivity index is 2.12. The Hall–Kier alpha value is -1.72. The summed E-state index contributed by atoms with van der Waals surface area (Å²) >= 11 is 0. The third kappa shape index (κ3) is 2.10. The maximum absolute atomic E-state index is 12.9. The van der Waals surface area contributed by atoms with Crippen molar-refractivity contribution in [2.45, 2.75) is 12.3 Å². The number of anilines is 1. The van der Waals surface area contributed by atoms with Crippen molar-refractivity contribution >= 4 is 11.7 Å². The zero-order valence-corrected chi connectivity index (χ0v) is 8.49. The standard InChI is InChI=1S/C10H11F2N3O/c11-10(12)3-4-15(6-10)9(16)7-1-2-8(13)14-5-7/h1-2,5H,3-4,6H2,(H2,13,14). The van der Waals surface area contributed by atoms with Crippen molar-refractivity contribution in [3.63, 3.8) is 0 Å². The number of halogens is 2. The van der Waals surface area contributed by atoms with Crippen LogP contribution in [0.15, 0.2) is 18.3 Å². The summed E-state index contributed by atoms with van der Waals surface area (Å²) in [6, 6.07) is 2.96. The highest BCUT2D eigenvalue weighted by atomic mass is 19.3. The van der Waals surface area contributed by atoms with Crippen molar-refractivity contribution in [2.75, 3.05) is 18.8 Å². The Bertz CT molecular complexity index is 405. The molecule has 0 radical (unpaired) electrons. The number of rotatable bonds is 1. The Morgan fingerprint density at radius 3 is 2.75 bits per heavy atom. The minimum Gasteiger partial charge on any atom is -0.384 e. The van der Waals surface area contributed by atoms with Crippen LogP contribution in [0.4, 0.5) is 14.6 Å². The lowest BCUT2D eigenvalue weighted by Gasteiger charge is -2.15. The van der Waals surface area contributed by atoms with E-state index in [2.05, 4.69) is 4.98 Å². The number of carbonyl (C=O) groups excluding carboxylic acids is 1. The molecule has 6 heteroatoms. The van der Waals surface area contributed by atoms with Crippen LogP contribution in [-0.2, 0) is 0 Å². The average molecular weight is 227 g/mol. The van der Waals surface area contributed by atoms with Crippen LogP contribution < -0.4 is 5.73 Å². The van der Waals surface area contributed by atoms with Gasteiger partial charge in [-0.25, -0.2) is 13.8 Å². The third-order valence-corrected chi connectivity index (χ3v) is 2.49. The molecule has 1 fully saturated rings. The number of amides is 1. The molecule has 0 bridgehead atoms. The lowest BCUT2D eigenvalue weighted by atomic mass is 10.2. The predicted octanol–water partition coefficient (Wildman–Crippen LogP) is 1.15. The second-order valence-electron chi connectivity index (χ2n) is 3.80. The molecule has 1 amide bonds. The minimum atomic E-state index is -2.77. The van der Waals surface area contributed by atoms with Crippen molar-refractivity contribution in [3.05, 3.63) is 23.9 Å². The molecular formula is C10H11F2N3O. The van der Waals surface area contributed by atoms with Gasteiger partial charge in [0.05, 0.1) is 12.1 Å². The Morgan fingerprint density at radius 2 is 2.25 bits per heavy atom. The summed E-state index contributed by atoms with van der Waals surface area (Å²) < 4.78 is 25.8. The fourth-order valence-electron chi connectivity index (χ4n) is 1.62. The quantitative estimate of drug-likeness (QED) is 0.782. The molecule has 0 aromatic carbocycles. The van der Waals surface area contributed by atoms with Gasteiger partial charge in [-0.05, 0) is 12.1 Å². The maximum atomic E-state index is 12.9. The molecule has 4 nitrogen and oxygen atoms in total. The second-order valence-corrected chi connectivity index (χ2v) is 3.80. The first-order chi connectivity index (χ1) is 7.48. The van der Waals surface area contributed by atoms with Crippen LogP contribution in [0.5, 0.6) is 0 Å². The van der Waals surface area contributed by atoms with Gasteiger partial charge in [-0.2, -0.15) is 0 Å². The molecule has 1 saturated heterocycles. The van der Waals surface area contributed by atoms with Crippen molar-refractivity contribution in [1.29, 1.82) is 0 Å². The first-order valence-corrected chi connectivity index (χ1v) is 4.87. The average Bonchev–Trinajstić information content (AvgIpc) is 2.59. The van der Waals surface area contributed by atoms with Gasteiger partial charge in [-0.3, -0.25) is 4.79 Å². The number of alkyl halides is 2. The highest BCUT2D eigenvalue weighted by Gasteiger charge is 2.40. The predicted molar refractivity (Wildman–Crippen MR) is 54.1 cm³/mol. The molecule has 1 aromatic rings. The van der Waals surface area contributed by atoms with E-state index in [4.69, 9.17) is 5.73 Å². The van der Waals surface area contributed by atoms with E-state index in [0.717, 1.165) is 4.90 Å². The maximum Gasteiger partial charge on any atom is 0.267 e. The number of likely N-dealkylation sites (tertiary alicyclic amines) is 1. The summed E-state index contributed by atoms with van der Waals surface area (Å²) in [6.07, 6.45) is 1.02. The third-order valence-electron chi connectivity index (χ3n) is 2.49. The molecule has 1 aromatic heterocycles. The van der Waals surface area contributed by atoms with Gasteiger partial charge in [0, 0.05) is 19.2 Å². The van der Waals surface area contributed by atoms with Gasteiger partial charge in [0.25, 0.3) is 11.8 Å². The monoisotopic (exact) mass is 227 g/mol. The van der Waals surface area contributed by atoms with Crippen LogP contribution in [0.25, 0.3) is 0 Å². The van der Waals surface area contributed by atoms with Crippen LogP contribution >= 0.6 is 0 Å². The largest absolute Gasteiger partial charge is 0.384 e. The minimum absolute atomic E-state index is 0.0796. The van der Waals surface area contributed by atoms with E-state index in [1.807, 2.05) is 0 Å². The van der Waals surface area contributed by atoms with Gasteiger partial charge in [0.15, 0.2) is 0 Å². The lowest BCUT2D eigenvalue weighted by Crippen LogP contribution is -2.31. The number of nitrogen functional groups attached to an aromatic ring is 1. The summed E-state index contributed by atoms with van der Waals surface area (Å²) in [6.45, 7) is -0.438. The van der Waals surface area contributed by atoms with E-state index in [0.29, 0.717) is 5.82 Å². The summed E-state index contributed by atoms with van der Waals surface area (Å²) in [5, 5.41) is 0. The molecule has 2 rings (SSSR count). The molecular weight excluding hydrogens is 216 g/mol. The van der Waals surface area contributed by atoms with Crippen LogP contribution in [0.2, 0.25) is 0 Å². The number of carbonyl (C=O) groups is 1. The van der Waals surface area contributed by atoms with E-state index in [9.17, 15) is 13.6 Å². The Morgan fingerprint density at radius 1 is 1.50 bits per heavy atom. The summed E-state index contributed by atoms with van der Waals surface area (Å²) in [4.78, 5) is 16.6. The topological polar surface area (TPSA) is 59.2 Å². The van der Waals surface area contributed by atoms with E-state index < -0.39 is 18.4 Å². The van der Waals surface area contributed by atoms with Gasteiger partial charge in [-0.15, -0.1) is 0 Å². The number of hydrogen-bond donors (Lipinski definition) is 1. The van der Waals surface area contributed by atoms with Crippen molar-refractivity contribution in [2.24, 2.45) is 0 Å². The molecule has 2 heterocycles. The second kappa shape index (κ2) is 3.70. The normalized spacial score (nSPS) is 18.8. The van der Waals surface area contributed by atoms with Crippen LogP contribution in [0.1, 0.15) is 16.8 Å². The molecule has 0 aliphatic carbocycles. The first-order valence-electron chi connectivity index (χ1n) is 4.87. The number of hydrogen-bond acceptors (Lipinski definition) is 3. The van der Waals surface area contributed by atoms with E-state index in [1.54, 1.807) is 0 Å². The fraction of sp³-hybridized carbons (Fsp3) is 0.400. The summed E-state index contributed by atoms with van der Waals surface area (Å²) in [5.41, 5.74) is 5.65. The summed E-state index contributed by atoms with van der Waals surface area (Å²) in [7, 11) is 0. The lowest BCUT2D eigenvalue weighted by molar-refractivity contribution is 0.0120. The van der Waals surface area contributed by atoms with Gasteiger partial charge in [0.2, 0.25) is 0 Å². The van der Waals surface area contributed by atoms with Crippen molar-refractivity contribution in [3.8, 4) is 0 Å². The van der Waals surface area contributed by atoms with Gasteiger partial charge in [-0.1, -0.05) is 0 Å². The van der Waals surface area contributed by atoms with Crippen molar-refractivity contribution in [1.82, 2.24) is 9.88 Å². The number of nitrogens with zero attached hydrogens (tertiary/aromatic N) is 2. The number of pyridine rings is 1. The van der Waals surface area contributed by atoms with Gasteiger partial charge in [0.1, 0.15) is 5.82 Å². The molecule has 0 saturated carbocycles. The first kappa shape index (κ1) is 10.8.